The molecule has 0 atom stereocenters. The normalized spacial score (nSPS) is 16.8. The van der Waals surface area contributed by atoms with Gasteiger partial charge in [-0.3, -0.25) is 14.4 Å². The Bertz CT molecular complexity index is 784. The zero-order valence-electron chi connectivity index (χ0n) is 38.4. The maximum atomic E-state index is 12.9. The number of ether oxygens (including phenoxy) is 3. The molecule has 57 heavy (non-hydrogen) atoms. The number of carbonyl (C=O) groups is 3. The first kappa shape index (κ1) is 53.4. The van der Waals surface area contributed by atoms with Crippen molar-refractivity contribution in [1.29, 1.82) is 0 Å². The summed E-state index contributed by atoms with van der Waals surface area (Å²) in [6.45, 7) is 6.80. The summed E-state index contributed by atoms with van der Waals surface area (Å²) in [5.74, 6) is -0.550. The first-order valence-corrected chi connectivity index (χ1v) is 25.6. The Morgan fingerprint density at radius 3 is 0.614 bits per heavy atom. The lowest BCUT2D eigenvalue weighted by Crippen LogP contribution is -2.40. The Kier molecular flexibility index (Phi) is 38.6. The van der Waals surface area contributed by atoms with Crippen molar-refractivity contribution in [3.63, 3.8) is 0 Å². The summed E-state index contributed by atoms with van der Waals surface area (Å²) in [5, 5.41) is 0. The van der Waals surface area contributed by atoms with Crippen LogP contribution in [-0.4, -0.2) is 36.2 Å². The summed E-state index contributed by atoms with van der Waals surface area (Å²) in [5.41, 5.74) is 0. The van der Waals surface area contributed by atoms with Crippen LogP contribution in [0, 0.1) is 0 Å². The molecule has 0 N–H and O–H groups in total. The third-order valence-corrected chi connectivity index (χ3v) is 12.2. The molecule has 0 amide bonds. The fourth-order valence-corrected chi connectivity index (χ4v) is 8.52. The van der Waals surface area contributed by atoms with Crippen LogP contribution in [0.1, 0.15) is 290 Å². The van der Waals surface area contributed by atoms with Gasteiger partial charge in [0.2, 0.25) is 0 Å². The van der Waals surface area contributed by atoms with Crippen LogP contribution in [0.15, 0.2) is 0 Å². The molecule has 1 fully saturated rings. The SMILES string of the molecule is CCCCCCCCCCCCCCC(=O)OC1CC(OC(=O)CCCCCCCCCCCCCC)CC(OC(=O)CCCCCCCCCCCCCC)C1. The van der Waals surface area contributed by atoms with E-state index in [2.05, 4.69) is 20.8 Å². The first-order valence-electron chi connectivity index (χ1n) is 25.6. The van der Waals surface area contributed by atoms with Crippen molar-refractivity contribution >= 4 is 17.9 Å². The monoisotopic (exact) mass is 805 g/mol. The number of carbonyl (C=O) groups excluding carboxylic acids is 3. The number of hydrogen-bond acceptors (Lipinski definition) is 6. The summed E-state index contributed by atoms with van der Waals surface area (Å²) in [7, 11) is 0. The van der Waals surface area contributed by atoms with Gasteiger partial charge in [-0.05, 0) is 19.3 Å². The minimum Gasteiger partial charge on any atom is -0.462 e. The van der Waals surface area contributed by atoms with Gasteiger partial charge < -0.3 is 14.2 Å². The van der Waals surface area contributed by atoms with Crippen LogP contribution in [0.5, 0.6) is 0 Å². The lowest BCUT2D eigenvalue weighted by Gasteiger charge is -2.34. The van der Waals surface area contributed by atoms with E-state index in [0.717, 1.165) is 38.5 Å². The van der Waals surface area contributed by atoms with Gasteiger partial charge >= 0.3 is 17.9 Å². The van der Waals surface area contributed by atoms with Gasteiger partial charge in [0.15, 0.2) is 0 Å². The Labute approximate surface area is 354 Å². The second-order valence-corrected chi connectivity index (χ2v) is 18.0. The van der Waals surface area contributed by atoms with Crippen molar-refractivity contribution in [2.45, 2.75) is 309 Å². The molecule has 0 aliphatic heterocycles. The molecule has 336 valence electrons. The molecular formula is C51H96O6. The van der Waals surface area contributed by atoms with Crippen molar-refractivity contribution in [3.05, 3.63) is 0 Å². The summed E-state index contributed by atoms with van der Waals surface area (Å²) in [4.78, 5) is 38.7. The van der Waals surface area contributed by atoms with E-state index in [9.17, 15) is 14.4 Å². The van der Waals surface area contributed by atoms with Crippen molar-refractivity contribution in [2.75, 3.05) is 0 Å². The summed E-state index contributed by atoms with van der Waals surface area (Å²) in [6, 6.07) is 0. The van der Waals surface area contributed by atoms with E-state index in [1.165, 1.54) is 193 Å². The molecule has 0 radical (unpaired) electrons. The predicted molar refractivity (Wildman–Crippen MR) is 241 cm³/mol. The van der Waals surface area contributed by atoms with E-state index in [0.29, 0.717) is 38.5 Å². The van der Waals surface area contributed by atoms with Crippen LogP contribution >= 0.6 is 0 Å². The van der Waals surface area contributed by atoms with Crippen LogP contribution in [0.4, 0.5) is 0 Å². The summed E-state index contributed by atoms with van der Waals surface area (Å²) >= 11 is 0. The van der Waals surface area contributed by atoms with Gasteiger partial charge in [0.05, 0.1) is 0 Å². The third kappa shape index (κ3) is 36.0. The predicted octanol–water partition coefficient (Wildman–Crippen LogP) is 16.2. The Morgan fingerprint density at radius 1 is 0.281 bits per heavy atom. The first-order chi connectivity index (χ1) is 28.0. The van der Waals surface area contributed by atoms with E-state index < -0.39 is 18.3 Å². The highest BCUT2D eigenvalue weighted by Gasteiger charge is 2.35. The number of hydrogen-bond donors (Lipinski definition) is 0. The molecule has 6 nitrogen and oxygen atoms in total. The van der Waals surface area contributed by atoms with Gasteiger partial charge in [0.25, 0.3) is 0 Å². The highest BCUT2D eigenvalue weighted by Crippen LogP contribution is 2.28. The standard InChI is InChI=1S/C51H96O6/c1-4-7-10-13-16-19-22-25-28-31-34-37-40-49(52)55-46-43-47(56-50(53)41-38-35-32-29-26-23-20-17-14-11-8-5-2)45-48(44-46)57-51(54)42-39-36-33-30-27-24-21-18-15-12-9-6-3/h46-48H,4-45H2,1-3H3. The molecule has 1 aliphatic rings. The average molecular weight is 805 g/mol. The highest BCUT2D eigenvalue weighted by molar-refractivity contribution is 5.70. The molecule has 0 unspecified atom stereocenters. The Hall–Kier alpha value is -1.59. The van der Waals surface area contributed by atoms with Crippen molar-refractivity contribution in [2.24, 2.45) is 0 Å². The molecule has 1 aliphatic carbocycles. The van der Waals surface area contributed by atoms with Gasteiger partial charge in [0, 0.05) is 38.5 Å². The topological polar surface area (TPSA) is 78.9 Å². The smallest absolute Gasteiger partial charge is 0.306 e. The van der Waals surface area contributed by atoms with Gasteiger partial charge in [-0.15, -0.1) is 0 Å². The molecule has 6 heteroatoms. The molecule has 0 aromatic heterocycles. The van der Waals surface area contributed by atoms with Crippen LogP contribution in [0.25, 0.3) is 0 Å². The minimum absolute atomic E-state index is 0.183. The van der Waals surface area contributed by atoms with Crippen LogP contribution < -0.4 is 0 Å². The van der Waals surface area contributed by atoms with E-state index >= 15 is 0 Å². The molecule has 0 saturated heterocycles. The maximum absolute atomic E-state index is 12.9. The third-order valence-electron chi connectivity index (χ3n) is 12.2. The van der Waals surface area contributed by atoms with Gasteiger partial charge in [-0.1, -0.05) is 233 Å². The summed E-state index contributed by atoms with van der Waals surface area (Å²) in [6.07, 6.45) is 46.7. The second-order valence-electron chi connectivity index (χ2n) is 18.0. The number of rotatable bonds is 42. The van der Waals surface area contributed by atoms with Crippen LogP contribution in [0.2, 0.25) is 0 Å². The quantitative estimate of drug-likeness (QED) is 0.0347. The molecular weight excluding hydrogens is 709 g/mol. The molecule has 0 aromatic carbocycles. The van der Waals surface area contributed by atoms with Crippen LogP contribution in [-0.2, 0) is 28.6 Å². The van der Waals surface area contributed by atoms with Crippen molar-refractivity contribution in [3.8, 4) is 0 Å². The number of esters is 3. The van der Waals surface area contributed by atoms with Crippen molar-refractivity contribution < 1.29 is 28.6 Å². The minimum atomic E-state index is -0.391. The average Bonchev–Trinajstić information content (AvgIpc) is 3.19. The molecule has 0 spiro atoms. The largest absolute Gasteiger partial charge is 0.462 e. The van der Waals surface area contributed by atoms with Gasteiger partial charge in [0.1, 0.15) is 18.3 Å². The van der Waals surface area contributed by atoms with Crippen LogP contribution in [0.3, 0.4) is 0 Å². The molecule has 1 saturated carbocycles. The second kappa shape index (κ2) is 41.2. The fourth-order valence-electron chi connectivity index (χ4n) is 8.52. The Morgan fingerprint density at radius 2 is 0.439 bits per heavy atom. The molecule has 0 bridgehead atoms. The lowest BCUT2D eigenvalue weighted by atomic mass is 9.92. The van der Waals surface area contributed by atoms with Gasteiger partial charge in [-0.25, -0.2) is 0 Å². The van der Waals surface area contributed by atoms with Gasteiger partial charge in [-0.2, -0.15) is 0 Å². The van der Waals surface area contributed by atoms with E-state index in [-0.39, 0.29) is 17.9 Å². The molecule has 0 heterocycles. The van der Waals surface area contributed by atoms with E-state index in [1.54, 1.807) is 0 Å². The maximum Gasteiger partial charge on any atom is 0.306 e. The fraction of sp³-hybridized carbons (Fsp3) is 0.941. The molecule has 0 aromatic rings. The number of unbranched alkanes of at least 4 members (excludes halogenated alkanes) is 33. The zero-order valence-corrected chi connectivity index (χ0v) is 38.4. The summed E-state index contributed by atoms with van der Waals surface area (Å²) < 4.78 is 17.8. The van der Waals surface area contributed by atoms with Crippen molar-refractivity contribution in [1.82, 2.24) is 0 Å². The van der Waals surface area contributed by atoms with E-state index in [1.807, 2.05) is 0 Å². The lowest BCUT2D eigenvalue weighted by molar-refractivity contribution is -0.169. The van der Waals surface area contributed by atoms with E-state index in [4.69, 9.17) is 14.2 Å². The molecule has 1 rings (SSSR count). The Balaban J connectivity index is 2.39. The highest BCUT2D eigenvalue weighted by atomic mass is 16.6. The zero-order chi connectivity index (χ0) is 41.3.